The van der Waals surface area contributed by atoms with E-state index in [1.165, 1.54) is 16.8 Å². The number of hydrogen-bond donors (Lipinski definition) is 2. The molecule has 1 aliphatic heterocycles. The van der Waals surface area contributed by atoms with Gasteiger partial charge in [-0.3, -0.25) is 5.32 Å². The average Bonchev–Trinajstić information content (AvgIpc) is 3.48. The molecule has 0 radical (unpaired) electrons. The number of anilines is 3. The van der Waals surface area contributed by atoms with E-state index >= 15 is 0 Å². The molecule has 1 aliphatic rings. The molecule has 2 amide bonds. The summed E-state index contributed by atoms with van der Waals surface area (Å²) in [4.78, 5) is 18.7. The number of halogens is 2. The molecule has 2 N–H and O–H groups in total. The number of urea groups is 1. The van der Waals surface area contributed by atoms with Crippen molar-refractivity contribution in [3.05, 3.63) is 83.6 Å². The second kappa shape index (κ2) is 8.78. The molecule has 1 saturated heterocycles. The Morgan fingerprint density at radius 1 is 1.12 bits per heavy atom. The number of amides is 2. The molecular weight excluding hydrogens is 440 g/mol. The van der Waals surface area contributed by atoms with E-state index in [1.807, 2.05) is 11.0 Å². The van der Waals surface area contributed by atoms with Crippen molar-refractivity contribution in [2.45, 2.75) is 18.9 Å². The predicted molar refractivity (Wildman–Crippen MR) is 122 cm³/mol. The van der Waals surface area contributed by atoms with Crippen molar-refractivity contribution < 1.29 is 13.6 Å². The maximum Gasteiger partial charge on any atom is 0.324 e. The summed E-state index contributed by atoms with van der Waals surface area (Å²) in [6.07, 6.45) is 2.95. The third kappa shape index (κ3) is 4.11. The van der Waals surface area contributed by atoms with Crippen molar-refractivity contribution in [3.63, 3.8) is 0 Å². The molecule has 1 fully saturated rings. The van der Waals surface area contributed by atoms with E-state index in [0.29, 0.717) is 47.1 Å². The van der Waals surface area contributed by atoms with Crippen LogP contribution in [0.4, 0.5) is 30.9 Å². The Kier molecular flexibility index (Phi) is 5.51. The SMILES string of the molecule is N#Cc1cccc(NC(=O)Nc2cnc3ccc(N4CCCC4c4cc(F)ccc4F)nn23)c1. The first-order valence-electron chi connectivity index (χ1n) is 10.7. The van der Waals surface area contributed by atoms with E-state index in [2.05, 4.69) is 20.7 Å². The lowest BCUT2D eigenvalue weighted by Gasteiger charge is -2.26. The summed E-state index contributed by atoms with van der Waals surface area (Å²) in [5.41, 5.74) is 1.70. The third-order valence-corrected chi connectivity index (χ3v) is 5.70. The van der Waals surface area contributed by atoms with Crippen LogP contribution in [0.5, 0.6) is 0 Å². The lowest BCUT2D eigenvalue weighted by Crippen LogP contribution is -2.25. The standard InChI is InChI=1S/C24H19F2N7O/c25-16-6-7-19(26)18(12-16)20-5-2-10-32(20)22-9-8-21-28-14-23(33(21)31-22)30-24(34)29-17-4-1-3-15(11-17)13-27/h1,3-4,6-9,11-12,14,20H,2,5,10H2,(H2,29,30,34). The van der Waals surface area contributed by atoms with Crippen molar-refractivity contribution in [3.8, 4) is 6.07 Å². The van der Waals surface area contributed by atoms with Gasteiger partial charge in [-0.2, -0.15) is 9.78 Å². The Bertz CT molecular complexity index is 1430. The lowest BCUT2D eigenvalue weighted by molar-refractivity contribution is 0.262. The molecule has 10 heteroatoms. The number of hydrogen-bond acceptors (Lipinski definition) is 5. The summed E-state index contributed by atoms with van der Waals surface area (Å²) in [6, 6.07) is 14.7. The lowest BCUT2D eigenvalue weighted by atomic mass is 10.0. The number of nitrogens with one attached hydrogen (secondary N) is 2. The molecular formula is C24H19F2N7O. The van der Waals surface area contributed by atoms with Gasteiger partial charge in [0.15, 0.2) is 11.5 Å². The molecule has 1 atom stereocenters. The number of benzene rings is 2. The van der Waals surface area contributed by atoms with E-state index in [-0.39, 0.29) is 6.04 Å². The van der Waals surface area contributed by atoms with Crippen molar-refractivity contribution in [2.24, 2.45) is 0 Å². The van der Waals surface area contributed by atoms with Gasteiger partial charge in [-0.05, 0) is 61.4 Å². The van der Waals surface area contributed by atoms with Gasteiger partial charge in [-0.15, -0.1) is 5.10 Å². The Balaban J connectivity index is 1.40. The summed E-state index contributed by atoms with van der Waals surface area (Å²) >= 11 is 0. The maximum atomic E-state index is 14.4. The number of nitriles is 1. The van der Waals surface area contributed by atoms with Gasteiger partial charge in [-0.25, -0.2) is 18.6 Å². The summed E-state index contributed by atoms with van der Waals surface area (Å²) in [5.74, 6) is -0.0547. The van der Waals surface area contributed by atoms with Gasteiger partial charge >= 0.3 is 6.03 Å². The van der Waals surface area contributed by atoms with E-state index in [0.717, 1.165) is 18.6 Å². The number of carbonyl (C=O) groups excluding carboxylic acids is 1. The minimum Gasteiger partial charge on any atom is -0.348 e. The molecule has 4 aromatic rings. The second-order valence-corrected chi connectivity index (χ2v) is 7.89. The molecule has 0 aliphatic carbocycles. The zero-order chi connectivity index (χ0) is 23.7. The Hall–Kier alpha value is -4.52. The maximum absolute atomic E-state index is 14.4. The first-order valence-corrected chi connectivity index (χ1v) is 10.7. The first-order chi connectivity index (χ1) is 16.5. The van der Waals surface area contributed by atoms with Crippen LogP contribution in [0.3, 0.4) is 0 Å². The fraction of sp³-hybridized carbons (Fsp3) is 0.167. The molecule has 0 spiro atoms. The molecule has 3 heterocycles. The third-order valence-electron chi connectivity index (χ3n) is 5.70. The first kappa shape index (κ1) is 21.3. The molecule has 1 unspecified atom stereocenters. The summed E-state index contributed by atoms with van der Waals surface area (Å²) in [5, 5.41) is 19.0. The van der Waals surface area contributed by atoms with Gasteiger partial charge in [0.2, 0.25) is 0 Å². The number of fused-ring (bicyclic) bond motifs is 1. The fourth-order valence-electron chi connectivity index (χ4n) is 4.18. The minimum absolute atomic E-state index is 0.294. The van der Waals surface area contributed by atoms with Gasteiger partial charge in [0.1, 0.15) is 17.5 Å². The monoisotopic (exact) mass is 459 g/mol. The quantitative estimate of drug-likeness (QED) is 0.454. The number of carbonyl (C=O) groups is 1. The zero-order valence-electron chi connectivity index (χ0n) is 17.9. The van der Waals surface area contributed by atoms with E-state index in [4.69, 9.17) is 5.26 Å². The molecule has 0 saturated carbocycles. The van der Waals surface area contributed by atoms with Crippen LogP contribution in [-0.4, -0.2) is 27.2 Å². The van der Waals surface area contributed by atoms with E-state index < -0.39 is 17.7 Å². The average molecular weight is 459 g/mol. The smallest absolute Gasteiger partial charge is 0.324 e. The highest BCUT2D eigenvalue weighted by Gasteiger charge is 2.30. The molecule has 8 nitrogen and oxygen atoms in total. The molecule has 170 valence electrons. The molecule has 0 bridgehead atoms. The number of aromatic nitrogens is 3. The normalized spacial score (nSPS) is 15.3. The van der Waals surface area contributed by atoms with Gasteiger partial charge in [0, 0.05) is 17.8 Å². The highest BCUT2D eigenvalue weighted by Crippen LogP contribution is 2.36. The topological polar surface area (TPSA) is 98.3 Å². The van der Waals surface area contributed by atoms with Crippen molar-refractivity contribution in [1.82, 2.24) is 14.6 Å². The highest BCUT2D eigenvalue weighted by atomic mass is 19.1. The van der Waals surface area contributed by atoms with Crippen LogP contribution >= 0.6 is 0 Å². The fourth-order valence-corrected chi connectivity index (χ4v) is 4.18. The zero-order valence-corrected chi connectivity index (χ0v) is 17.9. The van der Waals surface area contributed by atoms with Gasteiger partial charge < -0.3 is 10.2 Å². The second-order valence-electron chi connectivity index (χ2n) is 7.89. The van der Waals surface area contributed by atoms with Crippen molar-refractivity contribution >= 4 is 29.0 Å². The molecule has 2 aromatic heterocycles. The van der Waals surface area contributed by atoms with E-state index in [1.54, 1.807) is 36.4 Å². The minimum atomic E-state index is -0.523. The Morgan fingerprint density at radius 3 is 2.85 bits per heavy atom. The van der Waals surface area contributed by atoms with Gasteiger partial charge in [0.25, 0.3) is 0 Å². The number of nitrogens with zero attached hydrogens (tertiary/aromatic N) is 5. The van der Waals surface area contributed by atoms with Crippen LogP contribution in [0.25, 0.3) is 5.65 Å². The van der Waals surface area contributed by atoms with Crippen LogP contribution < -0.4 is 15.5 Å². The van der Waals surface area contributed by atoms with Crippen molar-refractivity contribution in [2.75, 3.05) is 22.1 Å². The van der Waals surface area contributed by atoms with Crippen LogP contribution in [-0.2, 0) is 0 Å². The largest absolute Gasteiger partial charge is 0.348 e. The summed E-state index contributed by atoms with van der Waals surface area (Å²) in [6.45, 7) is 0.631. The Labute approximate surface area is 193 Å². The molecule has 34 heavy (non-hydrogen) atoms. The van der Waals surface area contributed by atoms with Crippen LogP contribution in [0.15, 0.2) is 60.8 Å². The summed E-state index contributed by atoms with van der Waals surface area (Å²) < 4.78 is 29.7. The van der Waals surface area contributed by atoms with Gasteiger partial charge in [-0.1, -0.05) is 6.07 Å². The van der Waals surface area contributed by atoms with Gasteiger partial charge in [0.05, 0.1) is 23.9 Å². The van der Waals surface area contributed by atoms with Crippen LogP contribution in [0.2, 0.25) is 0 Å². The predicted octanol–water partition coefficient (Wildman–Crippen LogP) is 4.86. The van der Waals surface area contributed by atoms with Crippen molar-refractivity contribution in [1.29, 1.82) is 5.26 Å². The van der Waals surface area contributed by atoms with Crippen LogP contribution in [0.1, 0.15) is 30.0 Å². The van der Waals surface area contributed by atoms with Crippen LogP contribution in [0, 0.1) is 23.0 Å². The van der Waals surface area contributed by atoms with E-state index in [9.17, 15) is 13.6 Å². The molecule has 2 aromatic carbocycles. The number of rotatable bonds is 4. The highest BCUT2D eigenvalue weighted by molar-refractivity contribution is 5.99. The number of imidazole rings is 1. The Morgan fingerprint density at radius 2 is 2.00 bits per heavy atom. The molecule has 5 rings (SSSR count). The summed E-state index contributed by atoms with van der Waals surface area (Å²) in [7, 11) is 0.